The molecule has 1 heterocycles. The fraction of sp³-hybridized carbons (Fsp3) is 0.938. The number of aliphatic carboxylic acids is 1. The van der Waals surface area contributed by atoms with Crippen molar-refractivity contribution in [1.29, 1.82) is 0 Å². The Hall–Kier alpha value is -0.610. The Labute approximate surface area is 122 Å². The van der Waals surface area contributed by atoms with Crippen LogP contribution in [0.25, 0.3) is 0 Å². The largest absolute Gasteiger partial charge is 0.480 e. The van der Waals surface area contributed by atoms with Gasteiger partial charge >= 0.3 is 5.97 Å². The second-order valence-corrected chi connectivity index (χ2v) is 6.53. The number of likely N-dealkylation sites (tertiary alicyclic amines) is 1. The second-order valence-electron chi connectivity index (χ2n) is 6.53. The van der Waals surface area contributed by atoms with Crippen LogP contribution in [0.15, 0.2) is 0 Å². The standard InChI is InChI=1S/C16H30N2O2/c1-2-9-17-15(16(19)20)8-11-18-10-7-13-5-3-4-6-14(13)12-18/h13-15,17H,2-12H2,1H3,(H,19,20). The Morgan fingerprint density at radius 3 is 2.75 bits per heavy atom. The minimum atomic E-state index is -0.703. The van der Waals surface area contributed by atoms with Gasteiger partial charge in [0.25, 0.3) is 0 Å². The SMILES string of the molecule is CCCNC(CCN1CCC2CCCCC2C1)C(=O)O. The smallest absolute Gasteiger partial charge is 0.320 e. The Morgan fingerprint density at radius 1 is 1.30 bits per heavy atom. The molecule has 2 rings (SSSR count). The molecule has 0 spiro atoms. The quantitative estimate of drug-likeness (QED) is 0.752. The van der Waals surface area contributed by atoms with Gasteiger partial charge in [-0.15, -0.1) is 0 Å². The van der Waals surface area contributed by atoms with Crippen molar-refractivity contribution in [2.75, 3.05) is 26.2 Å². The number of piperidine rings is 1. The minimum Gasteiger partial charge on any atom is -0.480 e. The molecule has 4 heteroatoms. The molecular formula is C16H30N2O2. The lowest BCUT2D eigenvalue weighted by atomic mass is 9.75. The van der Waals surface area contributed by atoms with Crippen molar-refractivity contribution in [3.63, 3.8) is 0 Å². The van der Waals surface area contributed by atoms with Gasteiger partial charge in [0.1, 0.15) is 6.04 Å². The van der Waals surface area contributed by atoms with E-state index in [4.69, 9.17) is 0 Å². The molecule has 0 radical (unpaired) electrons. The Bertz CT molecular complexity index is 309. The van der Waals surface area contributed by atoms with E-state index in [0.717, 1.165) is 37.8 Å². The molecule has 2 fully saturated rings. The predicted octanol–water partition coefficient (Wildman–Crippen LogP) is 2.34. The molecule has 116 valence electrons. The molecule has 0 aromatic carbocycles. The van der Waals surface area contributed by atoms with Gasteiger partial charge < -0.3 is 15.3 Å². The molecule has 0 bridgehead atoms. The van der Waals surface area contributed by atoms with Gasteiger partial charge in [0.15, 0.2) is 0 Å². The molecule has 3 atom stereocenters. The van der Waals surface area contributed by atoms with Crippen LogP contribution in [0.5, 0.6) is 0 Å². The van der Waals surface area contributed by atoms with E-state index in [1.54, 1.807) is 0 Å². The molecule has 0 aromatic heterocycles. The van der Waals surface area contributed by atoms with Crippen LogP contribution in [0.3, 0.4) is 0 Å². The number of nitrogens with one attached hydrogen (secondary N) is 1. The zero-order valence-electron chi connectivity index (χ0n) is 12.8. The highest BCUT2D eigenvalue weighted by Crippen LogP contribution is 2.35. The minimum absolute atomic E-state index is 0.376. The third-order valence-corrected chi connectivity index (χ3v) is 5.05. The van der Waals surface area contributed by atoms with Crippen LogP contribution in [0, 0.1) is 11.8 Å². The molecule has 2 aliphatic rings. The summed E-state index contributed by atoms with van der Waals surface area (Å²) in [6.45, 7) is 6.16. The zero-order valence-corrected chi connectivity index (χ0v) is 12.8. The van der Waals surface area contributed by atoms with Crippen LogP contribution in [0.1, 0.15) is 51.9 Å². The summed E-state index contributed by atoms with van der Waals surface area (Å²) in [6.07, 6.45) is 8.66. The topological polar surface area (TPSA) is 52.6 Å². The van der Waals surface area contributed by atoms with Gasteiger partial charge in [-0.25, -0.2) is 0 Å². The molecule has 20 heavy (non-hydrogen) atoms. The monoisotopic (exact) mass is 282 g/mol. The Balaban J connectivity index is 1.74. The van der Waals surface area contributed by atoms with Crippen molar-refractivity contribution in [2.45, 2.75) is 57.9 Å². The molecule has 3 unspecified atom stereocenters. The van der Waals surface area contributed by atoms with Gasteiger partial charge in [0.05, 0.1) is 0 Å². The van der Waals surface area contributed by atoms with Crippen molar-refractivity contribution in [3.8, 4) is 0 Å². The molecule has 4 nitrogen and oxygen atoms in total. The number of carboxylic acids is 1. The van der Waals surface area contributed by atoms with Gasteiger partial charge in [-0.05, 0) is 50.6 Å². The lowest BCUT2D eigenvalue weighted by Crippen LogP contribution is -2.45. The average Bonchev–Trinajstić information content (AvgIpc) is 2.46. The van der Waals surface area contributed by atoms with Crippen LogP contribution in [-0.2, 0) is 4.79 Å². The van der Waals surface area contributed by atoms with Gasteiger partial charge in [0.2, 0.25) is 0 Å². The van der Waals surface area contributed by atoms with E-state index in [-0.39, 0.29) is 6.04 Å². The summed E-state index contributed by atoms with van der Waals surface area (Å²) in [5, 5.41) is 12.4. The van der Waals surface area contributed by atoms with E-state index < -0.39 is 5.97 Å². The van der Waals surface area contributed by atoms with Crippen LogP contribution in [0.2, 0.25) is 0 Å². The third-order valence-electron chi connectivity index (χ3n) is 5.05. The molecule has 1 aliphatic heterocycles. The van der Waals surface area contributed by atoms with Gasteiger partial charge in [0, 0.05) is 13.1 Å². The number of nitrogens with zero attached hydrogens (tertiary/aromatic N) is 1. The Morgan fingerprint density at radius 2 is 2.05 bits per heavy atom. The number of fused-ring (bicyclic) bond motifs is 1. The Kier molecular flexibility index (Phi) is 6.30. The first-order valence-electron chi connectivity index (χ1n) is 8.39. The molecular weight excluding hydrogens is 252 g/mol. The molecule has 1 saturated heterocycles. The summed E-state index contributed by atoms with van der Waals surface area (Å²) in [5.74, 6) is 1.13. The van der Waals surface area contributed by atoms with E-state index in [2.05, 4.69) is 17.1 Å². The van der Waals surface area contributed by atoms with Crippen LogP contribution in [0.4, 0.5) is 0 Å². The lowest BCUT2D eigenvalue weighted by Gasteiger charge is -2.41. The molecule has 2 N–H and O–H groups in total. The number of carbonyl (C=O) groups is 1. The fourth-order valence-electron chi connectivity index (χ4n) is 3.82. The first kappa shape index (κ1) is 15.8. The first-order chi connectivity index (χ1) is 9.70. The summed E-state index contributed by atoms with van der Waals surface area (Å²) in [6, 6.07) is -0.376. The van der Waals surface area contributed by atoms with Crippen molar-refractivity contribution in [3.05, 3.63) is 0 Å². The maximum absolute atomic E-state index is 11.2. The maximum atomic E-state index is 11.2. The fourth-order valence-corrected chi connectivity index (χ4v) is 3.82. The maximum Gasteiger partial charge on any atom is 0.320 e. The van der Waals surface area contributed by atoms with Crippen molar-refractivity contribution in [2.24, 2.45) is 11.8 Å². The first-order valence-corrected chi connectivity index (χ1v) is 8.39. The summed E-state index contributed by atoms with van der Waals surface area (Å²) >= 11 is 0. The average molecular weight is 282 g/mol. The van der Waals surface area contributed by atoms with Crippen molar-refractivity contribution < 1.29 is 9.90 Å². The number of hydrogen-bond donors (Lipinski definition) is 2. The highest BCUT2D eigenvalue weighted by Gasteiger charge is 2.31. The number of carboxylic acid groups (broad SMARTS) is 1. The van der Waals surface area contributed by atoms with E-state index in [1.165, 1.54) is 45.2 Å². The summed E-state index contributed by atoms with van der Waals surface area (Å²) in [7, 11) is 0. The van der Waals surface area contributed by atoms with Gasteiger partial charge in [-0.1, -0.05) is 26.2 Å². The van der Waals surface area contributed by atoms with Gasteiger partial charge in [-0.3, -0.25) is 4.79 Å². The third kappa shape index (κ3) is 4.45. The highest BCUT2D eigenvalue weighted by molar-refractivity contribution is 5.73. The van der Waals surface area contributed by atoms with Crippen molar-refractivity contribution >= 4 is 5.97 Å². The van der Waals surface area contributed by atoms with Gasteiger partial charge in [-0.2, -0.15) is 0 Å². The number of hydrogen-bond acceptors (Lipinski definition) is 3. The van der Waals surface area contributed by atoms with E-state index in [9.17, 15) is 9.90 Å². The predicted molar refractivity (Wildman–Crippen MR) is 80.8 cm³/mol. The van der Waals surface area contributed by atoms with Crippen LogP contribution >= 0.6 is 0 Å². The van der Waals surface area contributed by atoms with E-state index >= 15 is 0 Å². The summed E-state index contributed by atoms with van der Waals surface area (Å²) < 4.78 is 0. The molecule has 0 aromatic rings. The summed E-state index contributed by atoms with van der Waals surface area (Å²) in [4.78, 5) is 13.7. The molecule has 1 aliphatic carbocycles. The summed E-state index contributed by atoms with van der Waals surface area (Å²) in [5.41, 5.74) is 0. The van der Waals surface area contributed by atoms with Crippen molar-refractivity contribution in [1.82, 2.24) is 10.2 Å². The normalized spacial score (nSPS) is 28.9. The molecule has 0 amide bonds. The second kappa shape index (κ2) is 7.99. The van der Waals surface area contributed by atoms with E-state index in [0.29, 0.717) is 0 Å². The lowest BCUT2D eigenvalue weighted by molar-refractivity contribution is -0.139. The highest BCUT2D eigenvalue weighted by atomic mass is 16.4. The van der Waals surface area contributed by atoms with Crippen LogP contribution < -0.4 is 5.32 Å². The van der Waals surface area contributed by atoms with E-state index in [1.807, 2.05) is 0 Å². The zero-order chi connectivity index (χ0) is 14.4. The van der Waals surface area contributed by atoms with Crippen LogP contribution in [-0.4, -0.2) is 48.2 Å². The molecule has 1 saturated carbocycles. The number of rotatable bonds is 7.